The van der Waals surface area contributed by atoms with E-state index >= 15 is 0 Å². The van der Waals surface area contributed by atoms with Gasteiger partial charge in [0, 0.05) is 31.4 Å². The first-order chi connectivity index (χ1) is 11.7. The van der Waals surface area contributed by atoms with Gasteiger partial charge in [-0.1, -0.05) is 19.1 Å². The van der Waals surface area contributed by atoms with E-state index in [1.165, 1.54) is 0 Å². The Morgan fingerprint density at radius 2 is 2.12 bits per heavy atom. The highest BCUT2D eigenvalue weighted by Crippen LogP contribution is 2.21. The van der Waals surface area contributed by atoms with Gasteiger partial charge in [0.2, 0.25) is 5.91 Å². The molecule has 0 aromatic carbocycles. The lowest BCUT2D eigenvalue weighted by molar-refractivity contribution is -0.132. The highest BCUT2D eigenvalue weighted by Gasteiger charge is 2.23. The SMILES string of the molecule is CCC(=O)N1CCC[C@@H](Cc2cccc(Nc3ccccn3)n2)C1. The van der Waals surface area contributed by atoms with Crippen molar-refractivity contribution in [3.63, 3.8) is 0 Å². The number of hydrogen-bond acceptors (Lipinski definition) is 4. The largest absolute Gasteiger partial charge is 0.342 e. The van der Waals surface area contributed by atoms with Gasteiger partial charge < -0.3 is 10.2 Å². The van der Waals surface area contributed by atoms with E-state index in [0.29, 0.717) is 12.3 Å². The average Bonchev–Trinajstić information content (AvgIpc) is 2.62. The van der Waals surface area contributed by atoms with Gasteiger partial charge in [-0.05, 0) is 49.4 Å². The normalized spacial score (nSPS) is 17.5. The Labute approximate surface area is 143 Å². The topological polar surface area (TPSA) is 58.1 Å². The van der Waals surface area contributed by atoms with Crippen LogP contribution in [0.2, 0.25) is 0 Å². The number of piperidine rings is 1. The Morgan fingerprint density at radius 1 is 1.25 bits per heavy atom. The summed E-state index contributed by atoms with van der Waals surface area (Å²) in [6, 6.07) is 11.8. The number of carbonyl (C=O) groups excluding carboxylic acids is 1. The molecule has 1 N–H and O–H groups in total. The molecule has 1 saturated heterocycles. The molecule has 1 aliphatic rings. The van der Waals surface area contributed by atoms with Crippen molar-refractivity contribution in [1.82, 2.24) is 14.9 Å². The van der Waals surface area contributed by atoms with Crippen LogP contribution in [0.25, 0.3) is 0 Å². The molecular formula is C19H24N4O. The summed E-state index contributed by atoms with van der Waals surface area (Å²) in [5, 5.41) is 3.23. The molecule has 0 saturated carbocycles. The molecule has 0 bridgehead atoms. The number of pyridine rings is 2. The summed E-state index contributed by atoms with van der Waals surface area (Å²) >= 11 is 0. The Balaban J connectivity index is 1.63. The van der Waals surface area contributed by atoms with E-state index in [1.807, 2.05) is 42.2 Å². The summed E-state index contributed by atoms with van der Waals surface area (Å²) in [6.45, 7) is 3.68. The lowest BCUT2D eigenvalue weighted by Crippen LogP contribution is -2.40. The Kier molecular flexibility index (Phi) is 5.41. The zero-order valence-corrected chi connectivity index (χ0v) is 14.1. The van der Waals surface area contributed by atoms with Crippen molar-refractivity contribution >= 4 is 17.5 Å². The van der Waals surface area contributed by atoms with Crippen LogP contribution >= 0.6 is 0 Å². The van der Waals surface area contributed by atoms with Gasteiger partial charge in [0.15, 0.2) is 0 Å². The van der Waals surface area contributed by atoms with E-state index < -0.39 is 0 Å². The van der Waals surface area contributed by atoms with Crippen LogP contribution in [-0.4, -0.2) is 33.9 Å². The molecule has 126 valence electrons. The fraction of sp³-hybridized carbons (Fsp3) is 0.421. The molecule has 1 aliphatic heterocycles. The van der Waals surface area contributed by atoms with Crippen LogP contribution in [0.4, 0.5) is 11.6 Å². The standard InChI is InChI=1S/C19H24N4O/c1-2-19(24)23-12-6-7-15(14-23)13-16-8-5-10-18(21-16)22-17-9-3-4-11-20-17/h3-5,8-11,15H,2,6-7,12-14H2,1H3,(H,20,21,22)/t15-/m0/s1. The molecule has 2 aromatic rings. The summed E-state index contributed by atoms with van der Waals surface area (Å²) in [6.07, 6.45) is 5.50. The van der Waals surface area contributed by atoms with Crippen molar-refractivity contribution in [3.8, 4) is 0 Å². The van der Waals surface area contributed by atoms with Gasteiger partial charge in [-0.3, -0.25) is 4.79 Å². The number of rotatable bonds is 5. The molecule has 5 nitrogen and oxygen atoms in total. The van der Waals surface area contributed by atoms with Gasteiger partial charge in [0.1, 0.15) is 11.6 Å². The first-order valence-corrected chi connectivity index (χ1v) is 8.66. The fourth-order valence-electron chi connectivity index (χ4n) is 3.21. The summed E-state index contributed by atoms with van der Waals surface area (Å²) in [7, 11) is 0. The lowest BCUT2D eigenvalue weighted by Gasteiger charge is -2.32. The summed E-state index contributed by atoms with van der Waals surface area (Å²) in [4.78, 5) is 22.9. The van der Waals surface area contributed by atoms with Crippen LogP contribution < -0.4 is 5.32 Å². The van der Waals surface area contributed by atoms with Crippen molar-refractivity contribution in [2.45, 2.75) is 32.6 Å². The van der Waals surface area contributed by atoms with Crippen molar-refractivity contribution < 1.29 is 4.79 Å². The molecule has 0 radical (unpaired) electrons. The maximum absolute atomic E-state index is 11.9. The van der Waals surface area contributed by atoms with Crippen LogP contribution in [-0.2, 0) is 11.2 Å². The van der Waals surface area contributed by atoms with Gasteiger partial charge in [0.25, 0.3) is 0 Å². The summed E-state index contributed by atoms with van der Waals surface area (Å²) in [5.74, 6) is 2.35. The van der Waals surface area contributed by atoms with Gasteiger partial charge in [-0.15, -0.1) is 0 Å². The zero-order chi connectivity index (χ0) is 16.8. The van der Waals surface area contributed by atoms with E-state index in [2.05, 4.69) is 16.4 Å². The van der Waals surface area contributed by atoms with Crippen LogP contribution in [0.15, 0.2) is 42.6 Å². The monoisotopic (exact) mass is 324 g/mol. The highest BCUT2D eigenvalue weighted by atomic mass is 16.2. The molecule has 2 aromatic heterocycles. The van der Waals surface area contributed by atoms with Crippen LogP contribution in [0.5, 0.6) is 0 Å². The first-order valence-electron chi connectivity index (χ1n) is 8.66. The van der Waals surface area contributed by atoms with Crippen LogP contribution in [0, 0.1) is 5.92 Å². The second-order valence-corrected chi connectivity index (χ2v) is 6.26. The Morgan fingerprint density at radius 3 is 2.92 bits per heavy atom. The number of carbonyl (C=O) groups is 1. The van der Waals surface area contributed by atoms with Crippen molar-refractivity contribution in [3.05, 3.63) is 48.3 Å². The average molecular weight is 324 g/mol. The molecule has 0 unspecified atom stereocenters. The van der Waals surface area contributed by atoms with Gasteiger partial charge in [-0.25, -0.2) is 9.97 Å². The molecule has 5 heteroatoms. The smallest absolute Gasteiger partial charge is 0.222 e. The fourth-order valence-corrected chi connectivity index (χ4v) is 3.21. The minimum Gasteiger partial charge on any atom is -0.342 e. The van der Waals surface area contributed by atoms with Crippen molar-refractivity contribution in [2.24, 2.45) is 5.92 Å². The molecule has 24 heavy (non-hydrogen) atoms. The van der Waals surface area contributed by atoms with Gasteiger partial charge in [-0.2, -0.15) is 0 Å². The minimum absolute atomic E-state index is 0.262. The summed E-state index contributed by atoms with van der Waals surface area (Å²) < 4.78 is 0. The number of amides is 1. The number of likely N-dealkylation sites (tertiary alicyclic amines) is 1. The predicted molar refractivity (Wildman–Crippen MR) is 95.1 cm³/mol. The van der Waals surface area contributed by atoms with E-state index in [1.54, 1.807) is 6.20 Å². The predicted octanol–water partition coefficient (Wildman–Crippen LogP) is 3.41. The van der Waals surface area contributed by atoms with Crippen LogP contribution in [0.1, 0.15) is 31.9 Å². The molecule has 0 aliphatic carbocycles. The van der Waals surface area contributed by atoms with Gasteiger partial charge in [0.05, 0.1) is 0 Å². The molecule has 1 fully saturated rings. The van der Waals surface area contributed by atoms with Crippen molar-refractivity contribution in [2.75, 3.05) is 18.4 Å². The number of aromatic nitrogens is 2. The van der Waals surface area contributed by atoms with E-state index in [0.717, 1.165) is 49.7 Å². The molecule has 1 atom stereocenters. The molecule has 1 amide bonds. The third-order valence-corrected chi connectivity index (χ3v) is 4.40. The third kappa shape index (κ3) is 4.31. The second kappa shape index (κ2) is 7.90. The zero-order valence-electron chi connectivity index (χ0n) is 14.1. The lowest BCUT2D eigenvalue weighted by atomic mass is 9.93. The van der Waals surface area contributed by atoms with Crippen LogP contribution in [0.3, 0.4) is 0 Å². The van der Waals surface area contributed by atoms with E-state index in [9.17, 15) is 4.79 Å². The third-order valence-electron chi connectivity index (χ3n) is 4.40. The molecule has 3 heterocycles. The van der Waals surface area contributed by atoms with Gasteiger partial charge >= 0.3 is 0 Å². The highest BCUT2D eigenvalue weighted by molar-refractivity contribution is 5.75. The summed E-state index contributed by atoms with van der Waals surface area (Å²) in [5.41, 5.74) is 1.06. The molecule has 0 spiro atoms. The second-order valence-electron chi connectivity index (χ2n) is 6.26. The maximum Gasteiger partial charge on any atom is 0.222 e. The number of nitrogens with zero attached hydrogens (tertiary/aromatic N) is 3. The first kappa shape index (κ1) is 16.4. The Hall–Kier alpha value is -2.43. The van der Waals surface area contributed by atoms with E-state index in [-0.39, 0.29) is 5.91 Å². The number of anilines is 2. The maximum atomic E-state index is 11.9. The molecular weight excluding hydrogens is 300 g/mol. The molecule has 3 rings (SSSR count). The van der Waals surface area contributed by atoms with E-state index in [4.69, 9.17) is 4.98 Å². The van der Waals surface area contributed by atoms with Crippen molar-refractivity contribution in [1.29, 1.82) is 0 Å². The minimum atomic E-state index is 0.262. The number of nitrogens with one attached hydrogen (secondary N) is 1. The quantitative estimate of drug-likeness (QED) is 0.915. The number of hydrogen-bond donors (Lipinski definition) is 1. The Bertz CT molecular complexity index is 674.